The molecule has 290 valence electrons. The molecule has 7 aromatic carbocycles. The van der Waals surface area contributed by atoms with E-state index >= 15 is 0 Å². The molecule has 0 fully saturated rings. The summed E-state index contributed by atoms with van der Waals surface area (Å²) in [5, 5.41) is 2.29. The third-order valence-corrected chi connectivity index (χ3v) is 12.7. The molecule has 0 N–H and O–H groups in total. The normalized spacial score (nSPS) is 17.1. The number of benzene rings is 7. The molecule has 61 heavy (non-hydrogen) atoms. The quantitative estimate of drug-likeness (QED) is 0.144. The number of hydrogen-bond acceptors (Lipinski definition) is 3. The minimum absolute atomic E-state index is 0.00954. The second-order valence-corrected chi connectivity index (χ2v) is 15.9. The second-order valence-electron chi connectivity index (χ2n) is 15.9. The Kier molecular flexibility index (Phi) is 8.86. The van der Waals surface area contributed by atoms with Crippen LogP contribution >= 0.6 is 0 Å². The molecule has 0 saturated carbocycles. The summed E-state index contributed by atoms with van der Waals surface area (Å²) < 4.78 is 2.32. The van der Waals surface area contributed by atoms with Gasteiger partial charge in [-0.1, -0.05) is 207 Å². The van der Waals surface area contributed by atoms with Crippen molar-refractivity contribution < 1.29 is 0 Å². The lowest BCUT2D eigenvalue weighted by Crippen LogP contribution is -2.37. The maximum Gasteiger partial charge on any atom is 0.238 e. The van der Waals surface area contributed by atoms with E-state index in [0.717, 1.165) is 44.9 Å². The van der Waals surface area contributed by atoms with E-state index in [9.17, 15) is 0 Å². The topological polar surface area (TPSA) is 43.6 Å². The Morgan fingerprint density at radius 3 is 1.80 bits per heavy atom. The molecule has 0 radical (unpaired) electrons. The highest BCUT2D eigenvalue weighted by Gasteiger charge is 2.52. The molecule has 11 rings (SSSR count). The van der Waals surface area contributed by atoms with Gasteiger partial charge in [0.15, 0.2) is 11.6 Å². The fourth-order valence-electron chi connectivity index (χ4n) is 10.1. The van der Waals surface area contributed by atoms with Gasteiger partial charge in [-0.15, -0.1) is 0 Å². The summed E-state index contributed by atoms with van der Waals surface area (Å²) in [6.07, 6.45) is 10.1. The molecule has 9 aromatic rings. The third-order valence-electron chi connectivity index (χ3n) is 12.7. The van der Waals surface area contributed by atoms with Crippen molar-refractivity contribution in [2.75, 3.05) is 0 Å². The van der Waals surface area contributed by atoms with Crippen LogP contribution < -0.4 is 0 Å². The third kappa shape index (κ3) is 5.78. The lowest BCUT2D eigenvalue weighted by atomic mass is 9.59. The van der Waals surface area contributed by atoms with Crippen molar-refractivity contribution in [3.8, 4) is 39.9 Å². The first-order chi connectivity index (χ1) is 30.2. The molecule has 0 saturated heterocycles. The summed E-state index contributed by atoms with van der Waals surface area (Å²) in [4.78, 5) is 15.9. The van der Waals surface area contributed by atoms with Crippen LogP contribution in [0.25, 0.3) is 72.8 Å². The number of para-hydroxylation sites is 1. The van der Waals surface area contributed by atoms with Crippen LogP contribution in [0.3, 0.4) is 0 Å². The number of rotatable bonds is 8. The Balaban J connectivity index is 1.28. The molecule has 0 amide bonds. The van der Waals surface area contributed by atoms with Crippen LogP contribution in [0.5, 0.6) is 0 Å². The van der Waals surface area contributed by atoms with Crippen LogP contribution in [0.2, 0.25) is 0 Å². The molecular weight excluding hydrogens is 741 g/mol. The number of fused-ring (bicyclic) bond motifs is 7. The predicted octanol–water partition coefficient (Wildman–Crippen LogP) is 13.9. The molecule has 4 heteroatoms. The Labute approximate surface area is 356 Å². The maximum atomic E-state index is 5.38. The van der Waals surface area contributed by atoms with E-state index in [4.69, 9.17) is 15.0 Å². The van der Waals surface area contributed by atoms with Gasteiger partial charge < -0.3 is 0 Å². The van der Waals surface area contributed by atoms with Crippen LogP contribution in [0.1, 0.15) is 35.6 Å². The molecule has 0 bridgehead atoms. The average Bonchev–Trinajstić information content (AvgIpc) is 3.84. The predicted molar refractivity (Wildman–Crippen MR) is 252 cm³/mol. The van der Waals surface area contributed by atoms with Gasteiger partial charge >= 0.3 is 0 Å². The van der Waals surface area contributed by atoms with Crippen molar-refractivity contribution in [2.45, 2.75) is 18.8 Å². The first kappa shape index (κ1) is 36.4. The molecule has 2 atom stereocenters. The summed E-state index contributed by atoms with van der Waals surface area (Å²) in [7, 11) is 0. The minimum atomic E-state index is -0.653. The Hall–Kier alpha value is -7.69. The Morgan fingerprint density at radius 2 is 1.16 bits per heavy atom. The molecule has 0 aliphatic heterocycles. The number of allylic oxidation sites excluding steroid dienone is 7. The monoisotopic (exact) mass is 782 g/mol. The summed E-state index contributed by atoms with van der Waals surface area (Å²) in [5.74, 6) is 1.81. The molecule has 2 aliphatic carbocycles. The van der Waals surface area contributed by atoms with E-state index < -0.39 is 5.41 Å². The van der Waals surface area contributed by atoms with Crippen LogP contribution in [0.4, 0.5) is 0 Å². The van der Waals surface area contributed by atoms with E-state index in [1.165, 1.54) is 44.5 Å². The van der Waals surface area contributed by atoms with Gasteiger partial charge in [0.1, 0.15) is 0 Å². The van der Waals surface area contributed by atoms with Crippen molar-refractivity contribution in [1.82, 2.24) is 19.5 Å². The number of nitrogens with zero attached hydrogens (tertiary/aromatic N) is 4. The average molecular weight is 783 g/mol. The molecule has 2 aromatic heterocycles. The van der Waals surface area contributed by atoms with Crippen molar-refractivity contribution in [1.29, 1.82) is 0 Å². The van der Waals surface area contributed by atoms with Gasteiger partial charge in [-0.25, -0.2) is 4.98 Å². The Bertz CT molecular complexity index is 3170. The minimum Gasteiger partial charge on any atom is -0.277 e. The summed E-state index contributed by atoms with van der Waals surface area (Å²) in [6.45, 7) is 6.73. The van der Waals surface area contributed by atoms with Gasteiger partial charge in [-0.05, 0) is 69.9 Å². The maximum absolute atomic E-state index is 5.38. The zero-order valence-electron chi connectivity index (χ0n) is 33.9. The van der Waals surface area contributed by atoms with E-state index in [1.54, 1.807) is 0 Å². The molecule has 0 spiro atoms. The first-order valence-electron chi connectivity index (χ1n) is 21.0. The van der Waals surface area contributed by atoms with Gasteiger partial charge in [0.05, 0.1) is 16.4 Å². The zero-order valence-corrected chi connectivity index (χ0v) is 33.9. The molecule has 2 aliphatic rings. The summed E-state index contributed by atoms with van der Waals surface area (Å²) >= 11 is 0. The molecule has 2 heterocycles. The number of hydrogen-bond donors (Lipinski definition) is 0. The zero-order chi connectivity index (χ0) is 40.9. The molecule has 4 nitrogen and oxygen atoms in total. The highest BCUT2D eigenvalue weighted by atomic mass is 15.2. The van der Waals surface area contributed by atoms with E-state index in [1.807, 2.05) is 36.4 Å². The molecular formula is C57H42N4. The fraction of sp³-hybridized carbons (Fsp3) is 0.0702. The van der Waals surface area contributed by atoms with Crippen LogP contribution in [-0.4, -0.2) is 19.5 Å². The Morgan fingerprint density at radius 1 is 0.590 bits per heavy atom. The van der Waals surface area contributed by atoms with E-state index in [-0.39, 0.29) is 5.92 Å². The molecule has 2 unspecified atom stereocenters. The van der Waals surface area contributed by atoms with Crippen molar-refractivity contribution in [3.63, 3.8) is 0 Å². The van der Waals surface area contributed by atoms with Crippen LogP contribution in [-0.2, 0) is 5.41 Å². The highest BCUT2D eigenvalue weighted by Crippen LogP contribution is 2.62. The van der Waals surface area contributed by atoms with Crippen molar-refractivity contribution in [2.24, 2.45) is 5.92 Å². The second kappa shape index (κ2) is 14.8. The largest absolute Gasteiger partial charge is 0.277 e. The van der Waals surface area contributed by atoms with Crippen molar-refractivity contribution in [3.05, 3.63) is 241 Å². The van der Waals surface area contributed by atoms with Crippen molar-refractivity contribution >= 4 is 33.0 Å². The summed E-state index contributed by atoms with van der Waals surface area (Å²) in [5.41, 5.74) is 14.4. The van der Waals surface area contributed by atoms with Gasteiger partial charge in [-0.3, -0.25) is 4.57 Å². The number of aromatic nitrogens is 4. The van der Waals surface area contributed by atoms with Gasteiger partial charge in [0.2, 0.25) is 5.95 Å². The van der Waals surface area contributed by atoms with Crippen LogP contribution in [0.15, 0.2) is 218 Å². The van der Waals surface area contributed by atoms with Gasteiger partial charge in [0, 0.05) is 27.5 Å². The smallest absolute Gasteiger partial charge is 0.238 e. The van der Waals surface area contributed by atoms with E-state index in [2.05, 4.69) is 188 Å². The lowest BCUT2D eigenvalue weighted by molar-refractivity contribution is 0.464. The fourth-order valence-corrected chi connectivity index (χ4v) is 10.1. The first-order valence-corrected chi connectivity index (χ1v) is 21.0. The van der Waals surface area contributed by atoms with E-state index in [0.29, 0.717) is 17.6 Å². The SMILES string of the molecule is C=C/C(=C\C)C1(C2C=C(c3ccccc3)C=C(c3ccccc3)C2)c2ccccc2-c2ccc3c4ccccc4n(-c4nc(-c5ccccc5)nc(-c5ccccc5)n4)c3c21. The lowest BCUT2D eigenvalue weighted by Gasteiger charge is -2.42. The standard InChI is InChI=1S/C57H42N4/c1-3-44(4-2)57(45-36-42(38-21-9-5-10-22-38)35-43(37-45)39-23-11-6-12-24-39)50-31-19-17-29-46(50)48-33-34-49-47-30-18-20-32-51(47)61(53(49)52(48)57)56-59-54(40-25-13-7-14-26-40)58-55(60-56)41-27-15-8-16-28-41/h3-36,45H,1,37H2,2H3/b44-4+. The van der Waals surface area contributed by atoms with Gasteiger partial charge in [-0.2, -0.15) is 9.97 Å². The summed E-state index contributed by atoms with van der Waals surface area (Å²) in [6, 6.07) is 64.5. The van der Waals surface area contributed by atoms with Gasteiger partial charge in [0.25, 0.3) is 0 Å². The van der Waals surface area contributed by atoms with Crippen LogP contribution in [0, 0.1) is 5.92 Å². The highest BCUT2D eigenvalue weighted by molar-refractivity contribution is 6.13.